The number of nitrogens with zero attached hydrogens (tertiary/aromatic N) is 3. The lowest BCUT2D eigenvalue weighted by molar-refractivity contribution is 0.600. The molecule has 0 aliphatic heterocycles. The van der Waals surface area contributed by atoms with Crippen molar-refractivity contribution in [2.24, 2.45) is 0 Å². The minimum absolute atomic E-state index is 0.00277. The third kappa shape index (κ3) is 2.99. The fourth-order valence-corrected chi connectivity index (χ4v) is 3.21. The molecule has 0 fully saturated rings. The van der Waals surface area contributed by atoms with Crippen LogP contribution in [0, 0.1) is 13.8 Å². The highest BCUT2D eigenvalue weighted by Gasteiger charge is 2.17. The maximum Gasteiger partial charge on any atom is 0.266 e. The van der Waals surface area contributed by atoms with E-state index < -0.39 is 10.0 Å². The van der Waals surface area contributed by atoms with Gasteiger partial charge in [0.1, 0.15) is 4.90 Å². The highest BCUT2D eigenvalue weighted by atomic mass is 32.2. The topological polar surface area (TPSA) is 96.9 Å². The van der Waals surface area contributed by atoms with Crippen LogP contribution in [0.2, 0.25) is 0 Å². The van der Waals surface area contributed by atoms with Gasteiger partial charge in [-0.15, -0.1) is 11.3 Å². The predicted molar refractivity (Wildman–Crippen MR) is 74.0 cm³/mol. The van der Waals surface area contributed by atoms with Gasteiger partial charge in [-0.1, -0.05) is 0 Å². The lowest BCUT2D eigenvalue weighted by Crippen LogP contribution is -2.13. The van der Waals surface area contributed by atoms with Crippen LogP contribution in [0.5, 0.6) is 0 Å². The van der Waals surface area contributed by atoms with Gasteiger partial charge in [-0.2, -0.15) is 0 Å². The van der Waals surface area contributed by atoms with Gasteiger partial charge in [0.15, 0.2) is 5.13 Å². The number of hydrogen-bond donors (Lipinski definition) is 2. The maximum absolute atomic E-state index is 12.1. The van der Waals surface area contributed by atoms with E-state index in [4.69, 9.17) is 0 Å². The van der Waals surface area contributed by atoms with Crippen molar-refractivity contribution in [1.29, 1.82) is 0 Å². The van der Waals surface area contributed by atoms with Crippen LogP contribution in [-0.4, -0.2) is 30.4 Å². The number of nitrogens with one attached hydrogen (secondary N) is 2. The van der Waals surface area contributed by atoms with Crippen LogP contribution in [0.25, 0.3) is 0 Å². The lowest BCUT2D eigenvalue weighted by atomic mass is 10.4. The Kier molecular flexibility index (Phi) is 3.67. The fraction of sp³-hybridized carbons (Fsp3) is 0.300. The van der Waals surface area contributed by atoms with Gasteiger partial charge in [0, 0.05) is 11.9 Å². The SMILES string of the molecule is CNc1ncc(S(=O)(=O)Nc2nc(C)c(C)s2)cn1. The van der Waals surface area contributed by atoms with Crippen LogP contribution in [-0.2, 0) is 10.0 Å². The number of hydrogen-bond acceptors (Lipinski definition) is 7. The van der Waals surface area contributed by atoms with E-state index in [0.717, 1.165) is 10.6 Å². The molecule has 0 aliphatic carbocycles. The summed E-state index contributed by atoms with van der Waals surface area (Å²) in [7, 11) is -2.04. The van der Waals surface area contributed by atoms with E-state index in [1.165, 1.54) is 23.7 Å². The summed E-state index contributed by atoms with van der Waals surface area (Å²) in [6.07, 6.45) is 2.49. The van der Waals surface area contributed by atoms with E-state index in [-0.39, 0.29) is 4.90 Å². The minimum Gasteiger partial charge on any atom is -0.357 e. The van der Waals surface area contributed by atoms with Gasteiger partial charge in [-0.3, -0.25) is 4.72 Å². The van der Waals surface area contributed by atoms with Crippen LogP contribution >= 0.6 is 11.3 Å². The highest BCUT2D eigenvalue weighted by Crippen LogP contribution is 2.23. The molecular formula is C10H13N5O2S2. The number of anilines is 2. The molecule has 0 bridgehead atoms. The average Bonchev–Trinajstić information content (AvgIpc) is 2.67. The fourth-order valence-electron chi connectivity index (χ4n) is 1.27. The smallest absolute Gasteiger partial charge is 0.266 e. The first-order valence-corrected chi connectivity index (χ1v) is 7.69. The summed E-state index contributed by atoms with van der Waals surface area (Å²) in [4.78, 5) is 12.8. The molecule has 2 aromatic rings. The zero-order valence-electron chi connectivity index (χ0n) is 10.6. The second-order valence-electron chi connectivity index (χ2n) is 3.76. The summed E-state index contributed by atoms with van der Waals surface area (Å²) in [5, 5.41) is 3.06. The van der Waals surface area contributed by atoms with Crippen LogP contribution in [0.15, 0.2) is 17.3 Å². The Morgan fingerprint density at radius 3 is 2.32 bits per heavy atom. The van der Waals surface area contributed by atoms with E-state index >= 15 is 0 Å². The van der Waals surface area contributed by atoms with Crippen molar-refractivity contribution in [2.75, 3.05) is 17.1 Å². The number of thiazole rings is 1. The molecule has 0 saturated carbocycles. The third-order valence-corrected chi connectivity index (χ3v) is 4.82. The summed E-state index contributed by atoms with van der Waals surface area (Å²) < 4.78 is 26.6. The summed E-state index contributed by atoms with van der Waals surface area (Å²) >= 11 is 1.29. The number of aromatic nitrogens is 3. The summed E-state index contributed by atoms with van der Waals surface area (Å²) in [6, 6.07) is 0. The Hall–Kier alpha value is -1.74. The van der Waals surface area contributed by atoms with Crippen molar-refractivity contribution >= 4 is 32.4 Å². The Morgan fingerprint density at radius 1 is 1.21 bits per heavy atom. The van der Waals surface area contributed by atoms with Crippen LogP contribution < -0.4 is 10.0 Å². The van der Waals surface area contributed by atoms with Crippen molar-refractivity contribution < 1.29 is 8.42 Å². The number of rotatable bonds is 4. The van der Waals surface area contributed by atoms with Gasteiger partial charge in [-0.05, 0) is 13.8 Å². The Bertz CT molecular complexity index is 659. The summed E-state index contributed by atoms with van der Waals surface area (Å²) in [6.45, 7) is 3.71. The second-order valence-corrected chi connectivity index (χ2v) is 6.64. The normalized spacial score (nSPS) is 11.3. The molecule has 102 valence electrons. The maximum atomic E-state index is 12.1. The largest absolute Gasteiger partial charge is 0.357 e. The molecule has 0 radical (unpaired) electrons. The summed E-state index contributed by atoms with van der Waals surface area (Å²) in [5.41, 5.74) is 0.810. The molecular weight excluding hydrogens is 286 g/mol. The Morgan fingerprint density at radius 2 is 1.84 bits per heavy atom. The van der Waals surface area contributed by atoms with Crippen molar-refractivity contribution in [2.45, 2.75) is 18.7 Å². The average molecular weight is 299 g/mol. The standard InChI is InChI=1S/C10H13N5O2S2/c1-6-7(2)18-10(14-6)15-19(16,17)8-4-12-9(11-3)13-5-8/h4-5H,1-3H3,(H,14,15)(H,11,12,13). The van der Waals surface area contributed by atoms with Gasteiger partial charge in [0.05, 0.1) is 18.1 Å². The minimum atomic E-state index is -3.70. The van der Waals surface area contributed by atoms with E-state index in [9.17, 15) is 8.42 Å². The predicted octanol–water partition coefficient (Wildman–Crippen LogP) is 1.39. The van der Waals surface area contributed by atoms with Crippen LogP contribution in [0.4, 0.5) is 11.1 Å². The molecule has 0 aliphatic rings. The van der Waals surface area contributed by atoms with Gasteiger partial charge < -0.3 is 5.32 Å². The third-order valence-electron chi connectivity index (χ3n) is 2.41. The highest BCUT2D eigenvalue weighted by molar-refractivity contribution is 7.93. The Labute approximate surface area is 115 Å². The Balaban J connectivity index is 2.26. The van der Waals surface area contributed by atoms with Crippen molar-refractivity contribution in [3.8, 4) is 0 Å². The molecule has 0 saturated heterocycles. The quantitative estimate of drug-likeness (QED) is 0.885. The van der Waals surface area contributed by atoms with E-state index in [1.54, 1.807) is 7.05 Å². The molecule has 9 heteroatoms. The first kappa shape index (κ1) is 13.7. The molecule has 2 rings (SSSR count). The summed E-state index contributed by atoms with van der Waals surface area (Å²) in [5.74, 6) is 0.361. The molecule has 0 atom stereocenters. The zero-order valence-corrected chi connectivity index (χ0v) is 12.3. The zero-order chi connectivity index (χ0) is 14.0. The monoisotopic (exact) mass is 299 g/mol. The van der Waals surface area contributed by atoms with E-state index in [0.29, 0.717) is 11.1 Å². The van der Waals surface area contributed by atoms with Gasteiger partial charge in [-0.25, -0.2) is 23.4 Å². The molecule has 2 heterocycles. The molecule has 0 spiro atoms. The van der Waals surface area contributed by atoms with Gasteiger partial charge >= 0.3 is 0 Å². The molecule has 2 N–H and O–H groups in total. The van der Waals surface area contributed by atoms with Gasteiger partial charge in [0.25, 0.3) is 10.0 Å². The first-order chi connectivity index (χ1) is 8.92. The van der Waals surface area contributed by atoms with Gasteiger partial charge in [0.2, 0.25) is 5.95 Å². The number of aryl methyl sites for hydroxylation is 2. The molecule has 7 nitrogen and oxygen atoms in total. The molecule has 0 amide bonds. The van der Waals surface area contributed by atoms with E-state index in [1.807, 2.05) is 13.8 Å². The lowest BCUT2D eigenvalue weighted by Gasteiger charge is -2.04. The van der Waals surface area contributed by atoms with Crippen LogP contribution in [0.1, 0.15) is 10.6 Å². The van der Waals surface area contributed by atoms with Crippen molar-refractivity contribution in [3.63, 3.8) is 0 Å². The second kappa shape index (κ2) is 5.10. The van der Waals surface area contributed by atoms with Crippen LogP contribution in [0.3, 0.4) is 0 Å². The molecule has 19 heavy (non-hydrogen) atoms. The first-order valence-electron chi connectivity index (χ1n) is 5.39. The molecule has 0 aromatic carbocycles. The number of sulfonamides is 1. The van der Waals surface area contributed by atoms with Crippen molar-refractivity contribution in [3.05, 3.63) is 23.0 Å². The van der Waals surface area contributed by atoms with E-state index in [2.05, 4.69) is 25.0 Å². The molecule has 0 unspecified atom stereocenters. The van der Waals surface area contributed by atoms with Crippen molar-refractivity contribution in [1.82, 2.24) is 15.0 Å². The molecule has 2 aromatic heterocycles.